The molecule has 2 heteroatoms. The van der Waals surface area contributed by atoms with Crippen molar-refractivity contribution in [1.29, 1.82) is 0 Å². The average molecular weight is 260 g/mol. The summed E-state index contributed by atoms with van der Waals surface area (Å²) in [4.78, 5) is 1.56. The van der Waals surface area contributed by atoms with Crippen LogP contribution in [0.25, 0.3) is 0 Å². The Morgan fingerprint density at radius 3 is 2.59 bits per heavy atom. The van der Waals surface area contributed by atoms with Gasteiger partial charge in [0.2, 0.25) is 0 Å². The van der Waals surface area contributed by atoms with E-state index in [2.05, 4.69) is 59.6 Å². The van der Waals surface area contributed by atoms with E-state index >= 15 is 0 Å². The zero-order chi connectivity index (χ0) is 11.5. The lowest BCUT2D eigenvalue weighted by Gasteiger charge is -2.14. The summed E-state index contributed by atoms with van der Waals surface area (Å²) >= 11 is 4.03. The van der Waals surface area contributed by atoms with Gasteiger partial charge in [0, 0.05) is 15.9 Å². The fraction of sp³-hybridized carbons (Fsp3) is 0.333. The lowest BCUT2D eigenvalue weighted by Crippen LogP contribution is -1.94. The highest BCUT2D eigenvalue weighted by molar-refractivity contribution is 7.98. The van der Waals surface area contributed by atoms with Crippen LogP contribution >= 0.6 is 23.1 Å². The molecule has 88 valence electrons. The summed E-state index contributed by atoms with van der Waals surface area (Å²) in [6, 6.07) is 15.3. The van der Waals surface area contributed by atoms with E-state index in [9.17, 15) is 0 Å². The molecular formula is C15H16S2. The number of rotatable bonds is 5. The van der Waals surface area contributed by atoms with Gasteiger partial charge in [-0.2, -0.15) is 0 Å². The van der Waals surface area contributed by atoms with Crippen molar-refractivity contribution < 1.29 is 0 Å². The lowest BCUT2D eigenvalue weighted by atomic mass is 10.2. The van der Waals surface area contributed by atoms with Gasteiger partial charge >= 0.3 is 0 Å². The zero-order valence-corrected chi connectivity index (χ0v) is 11.3. The van der Waals surface area contributed by atoms with Crippen LogP contribution in [0.2, 0.25) is 0 Å². The molecule has 1 aromatic carbocycles. The SMILES string of the molecule is c1ccc(CSC(c2cccs2)C2CC2)cc1. The molecule has 0 aliphatic heterocycles. The Kier molecular flexibility index (Phi) is 3.53. The molecule has 1 unspecified atom stereocenters. The van der Waals surface area contributed by atoms with Crippen LogP contribution in [0.15, 0.2) is 47.8 Å². The first-order valence-corrected chi connectivity index (χ1v) is 8.05. The molecule has 1 heterocycles. The third-order valence-corrected chi connectivity index (χ3v) is 5.75. The normalized spacial score (nSPS) is 16.9. The molecule has 0 nitrogen and oxygen atoms in total. The summed E-state index contributed by atoms with van der Waals surface area (Å²) in [6.07, 6.45) is 2.84. The Bertz CT molecular complexity index is 443. The molecule has 1 aliphatic rings. The number of benzene rings is 1. The molecule has 0 N–H and O–H groups in total. The van der Waals surface area contributed by atoms with E-state index < -0.39 is 0 Å². The van der Waals surface area contributed by atoms with Gasteiger partial charge in [0.15, 0.2) is 0 Å². The first-order valence-electron chi connectivity index (χ1n) is 6.12. The predicted molar refractivity (Wildman–Crippen MR) is 77.5 cm³/mol. The van der Waals surface area contributed by atoms with Gasteiger partial charge in [-0.05, 0) is 35.8 Å². The number of hydrogen-bond acceptors (Lipinski definition) is 2. The molecule has 1 fully saturated rings. The summed E-state index contributed by atoms with van der Waals surface area (Å²) in [6.45, 7) is 0. The van der Waals surface area contributed by atoms with Crippen molar-refractivity contribution in [3.8, 4) is 0 Å². The third kappa shape index (κ3) is 2.93. The second kappa shape index (κ2) is 5.28. The maximum Gasteiger partial charge on any atom is 0.0422 e. The summed E-state index contributed by atoms with van der Waals surface area (Å²) in [5.74, 6) is 2.07. The minimum Gasteiger partial charge on any atom is -0.148 e. The van der Waals surface area contributed by atoms with Crippen LogP contribution in [0.1, 0.15) is 28.5 Å². The van der Waals surface area contributed by atoms with E-state index in [1.165, 1.54) is 18.4 Å². The Labute approximate surface area is 111 Å². The van der Waals surface area contributed by atoms with Crippen LogP contribution in [0.3, 0.4) is 0 Å². The van der Waals surface area contributed by atoms with Crippen LogP contribution < -0.4 is 0 Å². The van der Waals surface area contributed by atoms with Gasteiger partial charge in [0.05, 0.1) is 0 Å². The Morgan fingerprint density at radius 2 is 1.94 bits per heavy atom. The summed E-state index contributed by atoms with van der Waals surface area (Å²) in [5, 5.41) is 2.93. The number of thiophene rings is 1. The molecule has 1 aliphatic carbocycles. The van der Waals surface area contributed by atoms with Crippen molar-refractivity contribution in [1.82, 2.24) is 0 Å². The van der Waals surface area contributed by atoms with E-state index in [0.717, 1.165) is 16.9 Å². The highest BCUT2D eigenvalue weighted by atomic mass is 32.2. The van der Waals surface area contributed by atoms with Crippen molar-refractivity contribution >= 4 is 23.1 Å². The zero-order valence-electron chi connectivity index (χ0n) is 9.71. The van der Waals surface area contributed by atoms with E-state index in [1.54, 1.807) is 4.88 Å². The largest absolute Gasteiger partial charge is 0.148 e. The highest BCUT2D eigenvalue weighted by Crippen LogP contribution is 2.50. The van der Waals surface area contributed by atoms with Gasteiger partial charge in [-0.1, -0.05) is 36.4 Å². The molecule has 1 atom stereocenters. The molecule has 0 saturated heterocycles. The Balaban J connectivity index is 1.66. The second-order valence-corrected chi connectivity index (χ2v) is 6.68. The molecule has 1 saturated carbocycles. The van der Waals surface area contributed by atoms with Gasteiger partial charge < -0.3 is 0 Å². The molecule has 0 radical (unpaired) electrons. The minimum atomic E-state index is 0.732. The van der Waals surface area contributed by atoms with E-state index in [-0.39, 0.29) is 0 Å². The molecular weight excluding hydrogens is 244 g/mol. The maximum absolute atomic E-state index is 2.30. The summed E-state index contributed by atoms with van der Waals surface area (Å²) in [7, 11) is 0. The summed E-state index contributed by atoms with van der Waals surface area (Å²) in [5.41, 5.74) is 1.44. The highest BCUT2D eigenvalue weighted by Gasteiger charge is 2.33. The van der Waals surface area contributed by atoms with Crippen LogP contribution in [0.4, 0.5) is 0 Å². The molecule has 3 rings (SSSR count). The summed E-state index contributed by atoms with van der Waals surface area (Å²) < 4.78 is 0. The maximum atomic E-state index is 2.30. The minimum absolute atomic E-state index is 0.732. The molecule has 0 spiro atoms. The first kappa shape index (κ1) is 11.4. The average Bonchev–Trinajstić information content (AvgIpc) is 3.06. The van der Waals surface area contributed by atoms with E-state index in [1.807, 2.05) is 11.3 Å². The van der Waals surface area contributed by atoms with Crippen LogP contribution in [0, 0.1) is 5.92 Å². The van der Waals surface area contributed by atoms with Crippen LogP contribution in [0.5, 0.6) is 0 Å². The lowest BCUT2D eigenvalue weighted by molar-refractivity contribution is 0.822. The van der Waals surface area contributed by atoms with Crippen molar-refractivity contribution in [2.24, 2.45) is 5.92 Å². The van der Waals surface area contributed by atoms with Gasteiger partial charge in [0.1, 0.15) is 0 Å². The van der Waals surface area contributed by atoms with Crippen molar-refractivity contribution in [3.05, 3.63) is 58.3 Å². The van der Waals surface area contributed by atoms with Crippen molar-refractivity contribution in [2.75, 3.05) is 0 Å². The second-order valence-electron chi connectivity index (χ2n) is 4.57. The number of thioether (sulfide) groups is 1. The Morgan fingerprint density at radius 1 is 1.12 bits per heavy atom. The van der Waals surface area contributed by atoms with Gasteiger partial charge in [-0.25, -0.2) is 0 Å². The van der Waals surface area contributed by atoms with Crippen LogP contribution in [-0.2, 0) is 5.75 Å². The molecule has 1 aromatic heterocycles. The van der Waals surface area contributed by atoms with E-state index in [0.29, 0.717) is 0 Å². The number of hydrogen-bond donors (Lipinski definition) is 0. The first-order chi connectivity index (χ1) is 8.43. The molecule has 0 bridgehead atoms. The molecule has 0 amide bonds. The van der Waals surface area contributed by atoms with Gasteiger partial charge in [-0.15, -0.1) is 23.1 Å². The molecule has 2 aromatic rings. The fourth-order valence-corrected chi connectivity index (χ4v) is 4.58. The van der Waals surface area contributed by atoms with E-state index in [4.69, 9.17) is 0 Å². The predicted octanol–water partition coefficient (Wildman–Crippen LogP) is 5.13. The van der Waals surface area contributed by atoms with Crippen molar-refractivity contribution in [2.45, 2.75) is 23.8 Å². The van der Waals surface area contributed by atoms with Crippen LogP contribution in [-0.4, -0.2) is 0 Å². The van der Waals surface area contributed by atoms with Gasteiger partial charge in [0.25, 0.3) is 0 Å². The standard InChI is InChI=1S/C15H16S2/c1-2-5-12(6-3-1)11-17-15(13-8-9-13)14-7-4-10-16-14/h1-7,10,13,15H,8-9,11H2. The fourth-order valence-electron chi connectivity index (χ4n) is 2.06. The quantitative estimate of drug-likeness (QED) is 0.718. The van der Waals surface area contributed by atoms with Gasteiger partial charge in [-0.3, -0.25) is 0 Å². The monoisotopic (exact) mass is 260 g/mol. The topological polar surface area (TPSA) is 0 Å². The molecule has 17 heavy (non-hydrogen) atoms. The van der Waals surface area contributed by atoms with Crippen molar-refractivity contribution in [3.63, 3.8) is 0 Å². The smallest absolute Gasteiger partial charge is 0.0422 e. The third-order valence-electron chi connectivity index (χ3n) is 3.15. The Hall–Kier alpha value is -0.730.